The van der Waals surface area contributed by atoms with Crippen LogP contribution in [0.25, 0.3) is 0 Å². The summed E-state index contributed by atoms with van der Waals surface area (Å²) in [5.41, 5.74) is 2.02. The van der Waals surface area contributed by atoms with E-state index in [1.165, 1.54) is 87.7 Å². The van der Waals surface area contributed by atoms with Crippen molar-refractivity contribution >= 4 is 18.5 Å². The molecule has 2 aromatic rings. The van der Waals surface area contributed by atoms with Crippen molar-refractivity contribution in [3.8, 4) is 0 Å². The molecule has 3 aliphatic carbocycles. The second-order valence-corrected chi connectivity index (χ2v) is 14.2. The Kier molecular flexibility index (Phi) is 9.92. The summed E-state index contributed by atoms with van der Waals surface area (Å²) in [6, 6.07) is 22.5. The van der Waals surface area contributed by atoms with Crippen molar-refractivity contribution in [3.63, 3.8) is 0 Å². The Balaban J connectivity index is 1.22. The first-order valence-corrected chi connectivity index (χ1v) is 16.7. The number of benzene rings is 2. The number of unbranched alkanes of at least 4 members (excludes halogenated alkanes) is 2. The van der Waals surface area contributed by atoms with Gasteiger partial charge in [-0.1, -0.05) is 136 Å². The van der Waals surface area contributed by atoms with Gasteiger partial charge in [0.25, 0.3) is 0 Å². The summed E-state index contributed by atoms with van der Waals surface area (Å²) in [5.74, 6) is 3.80. The van der Waals surface area contributed by atoms with Crippen LogP contribution in [-0.4, -0.2) is 5.66 Å². The summed E-state index contributed by atoms with van der Waals surface area (Å²) in [7, 11) is -0.471. The van der Waals surface area contributed by atoms with Crippen molar-refractivity contribution in [2.45, 2.75) is 89.6 Å². The van der Waals surface area contributed by atoms with Gasteiger partial charge in [0.15, 0.2) is 0 Å². The minimum absolute atomic E-state index is 0.463. The average Bonchev–Trinajstić information content (AvgIpc) is 2.96. The van der Waals surface area contributed by atoms with Crippen molar-refractivity contribution in [3.05, 3.63) is 96.6 Å². The first kappa shape index (κ1) is 26.7. The molecular weight excluding hydrogens is 463 g/mol. The summed E-state index contributed by atoms with van der Waals surface area (Å²) < 4.78 is 0. The van der Waals surface area contributed by atoms with Crippen molar-refractivity contribution in [2.75, 3.05) is 0 Å². The zero-order valence-corrected chi connectivity index (χ0v) is 23.9. The standard InChI is InChI=1S/C36H47P/c1-2-3-6-13-29-20-24-31(25-21-29)32-26-22-30(23-27-32)28-33-14-11-12-19-36(33)37(34-15-7-4-8-16-34)35-17-9-5-10-18-35/h4-5,7-12,14-19,28-32,36H,2-3,6,13,20-27H2,1H3. The second kappa shape index (κ2) is 13.8. The number of allylic oxidation sites excluding steroid dienone is 6. The van der Waals surface area contributed by atoms with Crippen molar-refractivity contribution in [1.29, 1.82) is 0 Å². The van der Waals surface area contributed by atoms with Crippen LogP contribution in [0, 0.1) is 23.7 Å². The Morgan fingerprint density at radius 3 is 1.89 bits per heavy atom. The van der Waals surface area contributed by atoms with Crippen LogP contribution >= 0.6 is 7.92 Å². The van der Waals surface area contributed by atoms with E-state index in [4.69, 9.17) is 0 Å². The van der Waals surface area contributed by atoms with E-state index in [2.05, 4.69) is 98.0 Å². The predicted octanol–water partition coefficient (Wildman–Crippen LogP) is 9.73. The molecule has 0 amide bonds. The molecule has 3 aliphatic rings. The Bertz CT molecular complexity index is 977. The molecule has 0 radical (unpaired) electrons. The zero-order valence-electron chi connectivity index (χ0n) is 23.0. The Labute approximate surface area is 228 Å². The molecule has 0 spiro atoms. The van der Waals surface area contributed by atoms with Crippen LogP contribution in [0.5, 0.6) is 0 Å². The van der Waals surface area contributed by atoms with E-state index in [0.29, 0.717) is 5.66 Å². The Hall–Kier alpha value is -1.91. The highest BCUT2D eigenvalue weighted by atomic mass is 31.1. The molecule has 0 heterocycles. The van der Waals surface area contributed by atoms with Gasteiger partial charge in [-0.15, -0.1) is 0 Å². The summed E-state index contributed by atoms with van der Waals surface area (Å²) in [5, 5.41) is 2.96. The normalized spacial score (nSPS) is 29.1. The lowest BCUT2D eigenvalue weighted by Crippen LogP contribution is -2.26. The molecule has 0 N–H and O–H groups in total. The summed E-state index contributed by atoms with van der Waals surface area (Å²) in [6.07, 6.45) is 29.6. The van der Waals surface area contributed by atoms with Crippen molar-refractivity contribution in [1.82, 2.24) is 0 Å². The highest BCUT2D eigenvalue weighted by Gasteiger charge is 2.31. The van der Waals surface area contributed by atoms with E-state index in [0.717, 1.165) is 23.7 Å². The molecule has 0 aliphatic heterocycles. The molecule has 0 saturated heterocycles. The third-order valence-corrected chi connectivity index (χ3v) is 12.1. The minimum atomic E-state index is -0.471. The summed E-state index contributed by atoms with van der Waals surface area (Å²) >= 11 is 0. The maximum Gasteiger partial charge on any atom is 0.0301 e. The maximum atomic E-state index is 2.69. The van der Waals surface area contributed by atoms with Gasteiger partial charge in [0.1, 0.15) is 0 Å². The van der Waals surface area contributed by atoms with Gasteiger partial charge in [0, 0.05) is 5.66 Å². The summed E-state index contributed by atoms with van der Waals surface area (Å²) in [4.78, 5) is 0. The molecule has 196 valence electrons. The van der Waals surface area contributed by atoms with Crippen LogP contribution < -0.4 is 10.6 Å². The van der Waals surface area contributed by atoms with Crippen molar-refractivity contribution in [2.24, 2.45) is 23.7 Å². The molecule has 0 nitrogen and oxygen atoms in total. The number of hydrogen-bond acceptors (Lipinski definition) is 0. The molecule has 5 rings (SSSR count). The predicted molar refractivity (Wildman–Crippen MR) is 164 cm³/mol. The van der Waals surface area contributed by atoms with E-state index < -0.39 is 7.92 Å². The monoisotopic (exact) mass is 510 g/mol. The molecule has 37 heavy (non-hydrogen) atoms. The van der Waals surface area contributed by atoms with Gasteiger partial charge < -0.3 is 0 Å². The molecular formula is C36H47P. The quantitative estimate of drug-likeness (QED) is 0.233. The molecule has 2 fully saturated rings. The fourth-order valence-electron chi connectivity index (χ4n) is 7.27. The lowest BCUT2D eigenvalue weighted by Gasteiger charge is -2.38. The third-order valence-electron chi connectivity index (χ3n) is 9.40. The average molecular weight is 511 g/mol. The molecule has 2 aromatic carbocycles. The van der Waals surface area contributed by atoms with Crippen LogP contribution in [-0.2, 0) is 0 Å². The number of rotatable bonds is 9. The van der Waals surface area contributed by atoms with Crippen LogP contribution in [0.3, 0.4) is 0 Å². The molecule has 1 unspecified atom stereocenters. The van der Waals surface area contributed by atoms with Gasteiger partial charge in [-0.3, -0.25) is 0 Å². The van der Waals surface area contributed by atoms with Crippen LogP contribution in [0.1, 0.15) is 84.0 Å². The van der Waals surface area contributed by atoms with Gasteiger partial charge in [-0.2, -0.15) is 0 Å². The first-order valence-electron chi connectivity index (χ1n) is 15.3. The fraction of sp³-hybridized carbons (Fsp3) is 0.500. The number of hydrogen-bond donors (Lipinski definition) is 0. The topological polar surface area (TPSA) is 0 Å². The fourth-order valence-corrected chi connectivity index (χ4v) is 9.94. The lowest BCUT2D eigenvalue weighted by atomic mass is 9.68. The smallest absolute Gasteiger partial charge is 0.0301 e. The van der Waals surface area contributed by atoms with E-state index in [1.807, 2.05) is 0 Å². The van der Waals surface area contributed by atoms with Gasteiger partial charge in [-0.05, 0) is 86.3 Å². The third kappa shape index (κ3) is 7.15. The van der Waals surface area contributed by atoms with E-state index >= 15 is 0 Å². The SMILES string of the molecule is CCCCCC1CCC(C2CCC(C=C3C=CC=CC3P(c3ccccc3)c3ccccc3)CC2)CC1. The maximum absolute atomic E-state index is 2.69. The van der Waals surface area contributed by atoms with E-state index in [-0.39, 0.29) is 0 Å². The summed E-state index contributed by atoms with van der Waals surface area (Å²) in [6.45, 7) is 2.33. The Morgan fingerprint density at radius 1 is 0.703 bits per heavy atom. The van der Waals surface area contributed by atoms with E-state index in [1.54, 1.807) is 5.57 Å². The van der Waals surface area contributed by atoms with E-state index in [9.17, 15) is 0 Å². The Morgan fingerprint density at radius 2 is 1.30 bits per heavy atom. The van der Waals surface area contributed by atoms with Gasteiger partial charge >= 0.3 is 0 Å². The molecule has 1 atom stereocenters. The molecule has 1 heteroatoms. The first-order chi connectivity index (χ1) is 18.3. The van der Waals surface area contributed by atoms with Gasteiger partial charge in [0.2, 0.25) is 0 Å². The zero-order chi connectivity index (χ0) is 25.3. The van der Waals surface area contributed by atoms with Crippen molar-refractivity contribution < 1.29 is 0 Å². The van der Waals surface area contributed by atoms with Crippen LogP contribution in [0.4, 0.5) is 0 Å². The molecule has 0 aromatic heterocycles. The highest BCUT2D eigenvalue weighted by Crippen LogP contribution is 2.47. The van der Waals surface area contributed by atoms with Crippen LogP contribution in [0.15, 0.2) is 96.6 Å². The molecule has 2 saturated carbocycles. The minimum Gasteiger partial charge on any atom is -0.0772 e. The highest BCUT2D eigenvalue weighted by molar-refractivity contribution is 7.74. The second-order valence-electron chi connectivity index (χ2n) is 11.8. The van der Waals surface area contributed by atoms with Gasteiger partial charge in [-0.25, -0.2) is 0 Å². The van der Waals surface area contributed by atoms with Crippen LogP contribution in [0.2, 0.25) is 0 Å². The lowest BCUT2D eigenvalue weighted by molar-refractivity contribution is 0.151. The van der Waals surface area contributed by atoms with Gasteiger partial charge in [0.05, 0.1) is 0 Å². The largest absolute Gasteiger partial charge is 0.0772 e. The molecule has 0 bridgehead atoms.